The normalized spacial score (nSPS) is 13.7. The number of nitrogens with zero attached hydrogens (tertiary/aromatic N) is 2. The van der Waals surface area contributed by atoms with Gasteiger partial charge >= 0.3 is 0 Å². The largest absolute Gasteiger partial charge is 0.344 e. The Morgan fingerprint density at radius 1 is 1.57 bits per heavy atom. The fourth-order valence-electron chi connectivity index (χ4n) is 2.68. The summed E-state index contributed by atoms with van der Waals surface area (Å²) in [4.78, 5) is 14.4. The van der Waals surface area contributed by atoms with E-state index in [1.807, 2.05) is 24.5 Å². The van der Waals surface area contributed by atoms with Gasteiger partial charge in [0.25, 0.3) is 5.91 Å². The minimum atomic E-state index is -0.0291. The number of aromatic nitrogens is 3. The lowest BCUT2D eigenvalue weighted by Crippen LogP contribution is -2.24. The Hall–Kier alpha value is -1.47. The second-order valence-electron chi connectivity index (χ2n) is 5.50. The molecular weight excluding hydrogens is 304 g/mol. The van der Waals surface area contributed by atoms with Crippen LogP contribution in [0.4, 0.5) is 0 Å². The highest BCUT2D eigenvalue weighted by molar-refractivity contribution is 7.71. The Morgan fingerprint density at radius 2 is 2.38 bits per heavy atom. The van der Waals surface area contributed by atoms with Crippen LogP contribution in [0.25, 0.3) is 0 Å². The van der Waals surface area contributed by atoms with Gasteiger partial charge in [0.1, 0.15) is 0 Å². The molecule has 0 fully saturated rings. The van der Waals surface area contributed by atoms with Crippen molar-refractivity contribution in [3.8, 4) is 0 Å². The van der Waals surface area contributed by atoms with Crippen LogP contribution in [0, 0.1) is 4.77 Å². The lowest BCUT2D eigenvalue weighted by Gasteiger charge is -2.10. The molecule has 0 spiro atoms. The number of carbonyl (C=O) groups excluding carboxylic acids is 1. The molecule has 0 atom stereocenters. The van der Waals surface area contributed by atoms with E-state index in [1.54, 1.807) is 11.3 Å². The van der Waals surface area contributed by atoms with Crippen LogP contribution in [0.2, 0.25) is 0 Å². The minimum absolute atomic E-state index is 0.0291. The minimum Gasteiger partial charge on any atom is -0.344 e. The number of rotatable bonds is 4. The lowest BCUT2D eigenvalue weighted by atomic mass is 10.2. The summed E-state index contributed by atoms with van der Waals surface area (Å²) < 4.78 is 2.51. The monoisotopic (exact) mass is 322 g/mol. The number of fused-ring (bicyclic) bond motifs is 1. The number of aromatic amines is 1. The first-order chi connectivity index (χ1) is 10.1. The summed E-state index contributed by atoms with van der Waals surface area (Å²) in [6, 6.07) is 2.25. The molecule has 0 radical (unpaired) electrons. The molecular formula is C14H18N4OS2. The number of thiophene rings is 1. The fourth-order valence-corrected chi connectivity index (χ4v) is 4.21. The van der Waals surface area contributed by atoms with E-state index in [-0.39, 0.29) is 11.9 Å². The van der Waals surface area contributed by atoms with E-state index in [9.17, 15) is 4.79 Å². The number of carbonyl (C=O) groups is 1. The van der Waals surface area contributed by atoms with Crippen LogP contribution in [0.1, 0.15) is 52.2 Å². The summed E-state index contributed by atoms with van der Waals surface area (Å²) in [5.74, 6) is 0.728. The van der Waals surface area contributed by atoms with Crippen LogP contribution < -0.4 is 5.32 Å². The summed E-state index contributed by atoms with van der Waals surface area (Å²) in [6.45, 7) is 4.47. The van der Waals surface area contributed by atoms with E-state index in [0.717, 1.165) is 23.5 Å². The van der Waals surface area contributed by atoms with Gasteiger partial charge in [-0.25, -0.2) is 0 Å². The summed E-state index contributed by atoms with van der Waals surface area (Å²) >= 11 is 6.81. The van der Waals surface area contributed by atoms with Crippen LogP contribution in [0.5, 0.6) is 0 Å². The van der Waals surface area contributed by atoms with Gasteiger partial charge in [0.15, 0.2) is 10.6 Å². The standard InChI is InChI=1S/C14H18N4OS2/c1-8(2)18-12(16-17-14(18)20)7-15-13(19)11-6-9-4-3-5-10(9)21-11/h6,8H,3-5,7H2,1-2H3,(H,15,19)(H,17,20). The van der Waals surface area contributed by atoms with E-state index >= 15 is 0 Å². The first kappa shape index (κ1) is 14.5. The van der Waals surface area contributed by atoms with Crippen molar-refractivity contribution in [3.05, 3.63) is 32.0 Å². The molecule has 2 aromatic heterocycles. The van der Waals surface area contributed by atoms with Crippen molar-refractivity contribution in [1.82, 2.24) is 20.1 Å². The van der Waals surface area contributed by atoms with E-state index in [0.29, 0.717) is 11.3 Å². The zero-order chi connectivity index (χ0) is 15.0. The van der Waals surface area contributed by atoms with Crippen LogP contribution in [0.15, 0.2) is 6.07 Å². The quantitative estimate of drug-likeness (QED) is 0.851. The number of aryl methyl sites for hydroxylation is 2. The van der Waals surface area contributed by atoms with E-state index in [2.05, 4.69) is 15.5 Å². The lowest BCUT2D eigenvalue weighted by molar-refractivity contribution is 0.0953. The molecule has 2 heterocycles. The van der Waals surface area contributed by atoms with Crippen LogP contribution >= 0.6 is 23.6 Å². The molecule has 2 N–H and O–H groups in total. The molecule has 1 aliphatic rings. The maximum Gasteiger partial charge on any atom is 0.261 e. The average molecular weight is 322 g/mol. The molecule has 112 valence electrons. The van der Waals surface area contributed by atoms with Gasteiger partial charge in [-0.05, 0) is 57.0 Å². The average Bonchev–Trinajstić information content (AvgIpc) is 3.08. The number of nitrogens with one attached hydrogen (secondary N) is 2. The van der Waals surface area contributed by atoms with E-state index in [1.165, 1.54) is 16.9 Å². The SMILES string of the molecule is CC(C)n1c(CNC(=O)c2cc3c(s2)CCC3)n[nH]c1=S. The predicted octanol–water partition coefficient (Wildman–Crippen LogP) is 3.00. The first-order valence-electron chi connectivity index (χ1n) is 7.12. The molecule has 0 saturated carbocycles. The zero-order valence-electron chi connectivity index (χ0n) is 12.1. The Kier molecular flexibility index (Phi) is 3.95. The summed E-state index contributed by atoms with van der Waals surface area (Å²) in [7, 11) is 0. The van der Waals surface area contributed by atoms with Gasteiger partial charge in [-0.3, -0.25) is 9.89 Å². The molecule has 2 aromatic rings. The highest BCUT2D eigenvalue weighted by atomic mass is 32.1. The third kappa shape index (κ3) is 2.80. The maximum atomic E-state index is 12.2. The van der Waals surface area contributed by atoms with Gasteiger partial charge in [-0.15, -0.1) is 11.3 Å². The molecule has 0 aliphatic heterocycles. The van der Waals surface area contributed by atoms with Gasteiger partial charge in [0.05, 0.1) is 11.4 Å². The molecule has 21 heavy (non-hydrogen) atoms. The first-order valence-corrected chi connectivity index (χ1v) is 8.34. The molecule has 1 aliphatic carbocycles. The Balaban J connectivity index is 1.70. The van der Waals surface area contributed by atoms with Crippen LogP contribution in [-0.2, 0) is 19.4 Å². The molecule has 0 bridgehead atoms. The molecule has 0 unspecified atom stereocenters. The summed E-state index contributed by atoms with van der Waals surface area (Å²) in [5.41, 5.74) is 1.34. The number of amides is 1. The van der Waals surface area contributed by atoms with Crippen molar-refractivity contribution >= 4 is 29.5 Å². The fraction of sp³-hybridized carbons (Fsp3) is 0.500. The van der Waals surface area contributed by atoms with Crippen molar-refractivity contribution in [2.24, 2.45) is 0 Å². The van der Waals surface area contributed by atoms with Crippen molar-refractivity contribution in [2.45, 2.75) is 45.7 Å². The van der Waals surface area contributed by atoms with Gasteiger partial charge in [-0.2, -0.15) is 5.10 Å². The molecule has 5 nitrogen and oxygen atoms in total. The second-order valence-corrected chi connectivity index (χ2v) is 7.03. The topological polar surface area (TPSA) is 62.7 Å². The predicted molar refractivity (Wildman–Crippen MR) is 85.3 cm³/mol. The third-order valence-corrected chi connectivity index (χ3v) is 5.20. The van der Waals surface area contributed by atoms with Crippen LogP contribution in [-0.4, -0.2) is 20.7 Å². The zero-order valence-corrected chi connectivity index (χ0v) is 13.7. The summed E-state index contributed by atoms with van der Waals surface area (Å²) in [6.07, 6.45) is 3.43. The van der Waals surface area contributed by atoms with Crippen LogP contribution in [0.3, 0.4) is 0 Å². The second kappa shape index (κ2) is 5.73. The highest BCUT2D eigenvalue weighted by Crippen LogP contribution is 2.30. The smallest absolute Gasteiger partial charge is 0.261 e. The molecule has 0 saturated heterocycles. The maximum absolute atomic E-state index is 12.2. The Bertz CT molecular complexity index is 704. The third-order valence-electron chi connectivity index (χ3n) is 3.67. The molecule has 3 rings (SSSR count). The Morgan fingerprint density at radius 3 is 3.10 bits per heavy atom. The van der Waals surface area contributed by atoms with Gasteiger partial charge in [0, 0.05) is 10.9 Å². The molecule has 0 aromatic carbocycles. The van der Waals surface area contributed by atoms with E-state index < -0.39 is 0 Å². The van der Waals surface area contributed by atoms with Gasteiger partial charge in [0.2, 0.25) is 0 Å². The van der Waals surface area contributed by atoms with E-state index in [4.69, 9.17) is 12.2 Å². The summed E-state index contributed by atoms with van der Waals surface area (Å²) in [5, 5.41) is 9.90. The van der Waals surface area contributed by atoms with Gasteiger partial charge in [-0.1, -0.05) is 0 Å². The highest BCUT2D eigenvalue weighted by Gasteiger charge is 2.19. The Labute approximate surface area is 132 Å². The number of H-pyrrole nitrogens is 1. The molecule has 1 amide bonds. The van der Waals surface area contributed by atoms with Gasteiger partial charge < -0.3 is 9.88 Å². The number of hydrogen-bond donors (Lipinski definition) is 2. The van der Waals surface area contributed by atoms with Crippen molar-refractivity contribution in [2.75, 3.05) is 0 Å². The van der Waals surface area contributed by atoms with Crippen molar-refractivity contribution in [3.63, 3.8) is 0 Å². The van der Waals surface area contributed by atoms with Crippen molar-refractivity contribution in [1.29, 1.82) is 0 Å². The molecule has 7 heteroatoms. The number of hydrogen-bond acceptors (Lipinski definition) is 4. The van der Waals surface area contributed by atoms with Crippen molar-refractivity contribution < 1.29 is 4.79 Å².